The van der Waals surface area contributed by atoms with Crippen LogP contribution in [0.3, 0.4) is 0 Å². The van der Waals surface area contributed by atoms with Crippen molar-refractivity contribution in [3.05, 3.63) is 65.2 Å². The number of aliphatic carboxylic acids is 1. The largest absolute Gasteiger partial charge is 0.481 e. The number of hydrogen-bond acceptors (Lipinski definition) is 3. The number of anilines is 1. The summed E-state index contributed by atoms with van der Waals surface area (Å²) >= 11 is 0. The zero-order chi connectivity index (χ0) is 18.8. The van der Waals surface area contributed by atoms with Gasteiger partial charge in [-0.25, -0.2) is 0 Å². The summed E-state index contributed by atoms with van der Waals surface area (Å²) in [6.45, 7) is 2.33. The Bertz CT molecular complexity index is 839. The zero-order valence-corrected chi connectivity index (χ0v) is 15.3. The summed E-state index contributed by atoms with van der Waals surface area (Å²) in [5.74, 6) is -0.900. The number of likely N-dealkylation sites (tertiary alicyclic amines) is 1. The van der Waals surface area contributed by atoms with Crippen molar-refractivity contribution in [2.75, 3.05) is 11.4 Å². The van der Waals surface area contributed by atoms with E-state index in [2.05, 4.69) is 29.2 Å². The number of rotatable bonds is 4. The highest BCUT2D eigenvalue weighted by molar-refractivity contribution is 5.95. The topological polar surface area (TPSA) is 60.9 Å². The first-order valence-electron chi connectivity index (χ1n) is 9.56. The van der Waals surface area contributed by atoms with Crippen molar-refractivity contribution in [3.8, 4) is 0 Å². The SMILES string of the molecule is O=C(O)C[C@@H]1CCCCN1C(=O)c1cccc(N2Cc3ccccc3C2)c1. The lowest BCUT2D eigenvalue weighted by atomic mass is 9.98. The van der Waals surface area contributed by atoms with Crippen LogP contribution in [0.1, 0.15) is 47.2 Å². The van der Waals surface area contributed by atoms with Crippen LogP contribution in [0.5, 0.6) is 0 Å². The summed E-state index contributed by atoms with van der Waals surface area (Å²) < 4.78 is 0. The van der Waals surface area contributed by atoms with Crippen LogP contribution in [0.15, 0.2) is 48.5 Å². The maximum absolute atomic E-state index is 13.1. The van der Waals surface area contributed by atoms with Gasteiger partial charge in [0.15, 0.2) is 0 Å². The molecule has 1 saturated heterocycles. The fourth-order valence-electron chi connectivity index (χ4n) is 4.20. The molecule has 4 rings (SSSR count). The van der Waals surface area contributed by atoms with E-state index in [1.54, 1.807) is 4.90 Å². The normalized spacial score (nSPS) is 19.0. The molecule has 2 aromatic rings. The number of amides is 1. The third-order valence-corrected chi connectivity index (χ3v) is 5.60. The highest BCUT2D eigenvalue weighted by atomic mass is 16.4. The monoisotopic (exact) mass is 364 g/mol. The summed E-state index contributed by atoms with van der Waals surface area (Å²) in [6.07, 6.45) is 2.70. The Hall–Kier alpha value is -2.82. The van der Waals surface area contributed by atoms with Gasteiger partial charge in [0, 0.05) is 36.9 Å². The molecule has 0 spiro atoms. The van der Waals surface area contributed by atoms with Crippen molar-refractivity contribution >= 4 is 17.6 Å². The second-order valence-corrected chi connectivity index (χ2v) is 7.42. The number of benzene rings is 2. The van der Waals surface area contributed by atoms with E-state index in [9.17, 15) is 9.59 Å². The standard InChI is InChI=1S/C22H24N2O3/c25-21(26)13-20-9-3-4-11-24(20)22(27)16-8-5-10-19(12-16)23-14-17-6-1-2-7-18(17)15-23/h1-2,5-8,10,12,20H,3-4,9,11,13-15H2,(H,25,26)/t20-/m0/s1. The number of piperidine rings is 1. The van der Waals surface area contributed by atoms with Gasteiger partial charge in [0.25, 0.3) is 5.91 Å². The molecule has 2 aliphatic heterocycles. The first-order chi connectivity index (χ1) is 13.1. The number of carbonyl (C=O) groups excluding carboxylic acids is 1. The number of carboxylic acid groups (broad SMARTS) is 1. The second kappa shape index (κ2) is 7.43. The molecule has 0 unspecified atom stereocenters. The molecular formula is C22H24N2O3. The van der Waals surface area contributed by atoms with E-state index in [-0.39, 0.29) is 18.4 Å². The molecule has 0 bridgehead atoms. The Morgan fingerprint density at radius 2 is 1.74 bits per heavy atom. The van der Waals surface area contributed by atoms with E-state index in [4.69, 9.17) is 5.11 Å². The molecule has 0 aliphatic carbocycles. The maximum atomic E-state index is 13.1. The molecule has 2 aromatic carbocycles. The van der Waals surface area contributed by atoms with Crippen molar-refractivity contribution in [3.63, 3.8) is 0 Å². The van der Waals surface area contributed by atoms with Gasteiger partial charge in [-0.3, -0.25) is 9.59 Å². The quantitative estimate of drug-likeness (QED) is 0.899. The predicted octanol–water partition coefficient (Wildman–Crippen LogP) is 3.68. The summed E-state index contributed by atoms with van der Waals surface area (Å²) in [5.41, 5.74) is 4.32. The molecule has 1 N–H and O–H groups in total. The summed E-state index contributed by atoms with van der Waals surface area (Å²) in [7, 11) is 0. The lowest BCUT2D eigenvalue weighted by Gasteiger charge is -2.35. The van der Waals surface area contributed by atoms with Crippen LogP contribution in [0.4, 0.5) is 5.69 Å². The van der Waals surface area contributed by atoms with Crippen molar-refractivity contribution in [2.45, 2.75) is 44.8 Å². The third-order valence-electron chi connectivity index (χ3n) is 5.60. The maximum Gasteiger partial charge on any atom is 0.305 e. The first-order valence-corrected chi connectivity index (χ1v) is 9.56. The number of fused-ring (bicyclic) bond motifs is 1. The van der Waals surface area contributed by atoms with Gasteiger partial charge in [0.1, 0.15) is 0 Å². The van der Waals surface area contributed by atoms with Crippen molar-refractivity contribution in [2.24, 2.45) is 0 Å². The van der Waals surface area contributed by atoms with Crippen LogP contribution in [0.25, 0.3) is 0 Å². The fourth-order valence-corrected chi connectivity index (χ4v) is 4.20. The van der Waals surface area contributed by atoms with Crippen LogP contribution < -0.4 is 4.90 Å². The fraction of sp³-hybridized carbons (Fsp3) is 0.364. The van der Waals surface area contributed by atoms with Crippen LogP contribution in [-0.4, -0.2) is 34.5 Å². The Morgan fingerprint density at radius 1 is 1.00 bits per heavy atom. The predicted molar refractivity (Wildman–Crippen MR) is 104 cm³/mol. The molecule has 5 heteroatoms. The van der Waals surface area contributed by atoms with Gasteiger partial charge in [-0.2, -0.15) is 0 Å². The molecule has 140 valence electrons. The minimum Gasteiger partial charge on any atom is -0.481 e. The van der Waals surface area contributed by atoms with E-state index < -0.39 is 5.97 Å². The molecule has 1 atom stereocenters. The van der Waals surface area contributed by atoms with Gasteiger partial charge in [-0.15, -0.1) is 0 Å². The van der Waals surface area contributed by atoms with Crippen LogP contribution >= 0.6 is 0 Å². The van der Waals surface area contributed by atoms with Crippen molar-refractivity contribution in [1.29, 1.82) is 0 Å². The molecule has 1 fully saturated rings. The Labute approximate surface area is 159 Å². The van der Waals surface area contributed by atoms with Gasteiger partial charge in [0.05, 0.1) is 6.42 Å². The highest BCUT2D eigenvalue weighted by Crippen LogP contribution is 2.29. The highest BCUT2D eigenvalue weighted by Gasteiger charge is 2.29. The molecule has 0 radical (unpaired) electrons. The molecule has 5 nitrogen and oxygen atoms in total. The minimum atomic E-state index is -0.844. The van der Waals surface area contributed by atoms with Crippen LogP contribution in [-0.2, 0) is 17.9 Å². The number of carbonyl (C=O) groups is 2. The van der Waals surface area contributed by atoms with Gasteiger partial charge < -0.3 is 14.9 Å². The van der Waals surface area contributed by atoms with E-state index in [1.165, 1.54) is 11.1 Å². The molecule has 1 amide bonds. The zero-order valence-electron chi connectivity index (χ0n) is 15.3. The van der Waals surface area contributed by atoms with E-state index in [0.717, 1.165) is 38.0 Å². The number of nitrogens with zero attached hydrogens (tertiary/aromatic N) is 2. The van der Waals surface area contributed by atoms with E-state index in [0.29, 0.717) is 12.1 Å². The lowest BCUT2D eigenvalue weighted by Crippen LogP contribution is -2.44. The second-order valence-electron chi connectivity index (χ2n) is 7.42. The Kier molecular flexibility index (Phi) is 4.84. The average Bonchev–Trinajstić information content (AvgIpc) is 3.12. The molecular weight excluding hydrogens is 340 g/mol. The summed E-state index contributed by atoms with van der Waals surface area (Å²) in [6, 6.07) is 15.9. The molecule has 0 saturated carbocycles. The smallest absolute Gasteiger partial charge is 0.305 e. The van der Waals surface area contributed by atoms with Crippen LogP contribution in [0.2, 0.25) is 0 Å². The number of carboxylic acids is 1. The van der Waals surface area contributed by atoms with E-state index >= 15 is 0 Å². The molecule has 2 heterocycles. The minimum absolute atomic E-state index is 0.0207. The van der Waals surface area contributed by atoms with Crippen molar-refractivity contribution < 1.29 is 14.7 Å². The van der Waals surface area contributed by atoms with Gasteiger partial charge in [0.2, 0.25) is 0 Å². The molecule has 2 aliphatic rings. The van der Waals surface area contributed by atoms with Gasteiger partial charge in [-0.05, 0) is 48.6 Å². The van der Waals surface area contributed by atoms with E-state index in [1.807, 2.05) is 24.3 Å². The first kappa shape index (κ1) is 17.6. The summed E-state index contributed by atoms with van der Waals surface area (Å²) in [4.78, 5) is 28.3. The molecule has 0 aromatic heterocycles. The van der Waals surface area contributed by atoms with Gasteiger partial charge >= 0.3 is 5.97 Å². The Balaban J connectivity index is 1.53. The lowest BCUT2D eigenvalue weighted by molar-refractivity contribution is -0.138. The average molecular weight is 364 g/mol. The third kappa shape index (κ3) is 3.68. The summed E-state index contributed by atoms with van der Waals surface area (Å²) in [5, 5.41) is 9.16. The van der Waals surface area contributed by atoms with Crippen LogP contribution in [0, 0.1) is 0 Å². The van der Waals surface area contributed by atoms with Crippen molar-refractivity contribution in [1.82, 2.24) is 4.90 Å². The Morgan fingerprint density at radius 3 is 2.44 bits per heavy atom. The molecule has 27 heavy (non-hydrogen) atoms. The number of hydrogen-bond donors (Lipinski definition) is 1. The van der Waals surface area contributed by atoms with Gasteiger partial charge in [-0.1, -0.05) is 30.3 Å².